The van der Waals surface area contributed by atoms with Crippen molar-refractivity contribution < 1.29 is 9.90 Å². The Hall–Kier alpha value is -2.62. The minimum absolute atomic E-state index is 0.292. The van der Waals surface area contributed by atoms with E-state index in [1.807, 2.05) is 30.3 Å². The number of benzene rings is 1. The number of carbonyl (C=O) groups is 1. The normalized spacial score (nSPS) is 10.7. The van der Waals surface area contributed by atoms with Crippen molar-refractivity contribution in [3.8, 4) is 0 Å². The molecule has 0 spiro atoms. The zero-order valence-corrected chi connectivity index (χ0v) is 10.2. The largest absolute Gasteiger partial charge is 0.477 e. The van der Waals surface area contributed by atoms with Crippen LogP contribution in [0.2, 0.25) is 0 Å². The standard InChI is InChI=1S/C15H12N2O2/c18-15(19)14-6-3-9-17(14)10-11-7-8-16-13-5-2-1-4-12(11)13/h1-9H,10H2,(H,18,19). The lowest BCUT2D eigenvalue weighted by atomic mass is 10.1. The molecule has 4 nitrogen and oxygen atoms in total. The molecule has 0 amide bonds. The van der Waals surface area contributed by atoms with Gasteiger partial charge in [0.25, 0.3) is 0 Å². The molecule has 94 valence electrons. The highest BCUT2D eigenvalue weighted by Crippen LogP contribution is 2.18. The maximum absolute atomic E-state index is 11.1. The molecule has 3 rings (SSSR count). The van der Waals surface area contributed by atoms with Crippen LogP contribution in [0, 0.1) is 0 Å². The molecule has 19 heavy (non-hydrogen) atoms. The second-order valence-electron chi connectivity index (χ2n) is 4.31. The Morgan fingerprint density at radius 2 is 2.00 bits per heavy atom. The summed E-state index contributed by atoms with van der Waals surface area (Å²) in [5.74, 6) is -0.914. The van der Waals surface area contributed by atoms with Crippen LogP contribution in [0.15, 0.2) is 54.9 Å². The van der Waals surface area contributed by atoms with Crippen LogP contribution in [-0.2, 0) is 6.54 Å². The minimum Gasteiger partial charge on any atom is -0.477 e. The van der Waals surface area contributed by atoms with E-state index in [-0.39, 0.29) is 0 Å². The SMILES string of the molecule is O=C(O)c1cccn1Cc1ccnc2ccccc12. The van der Waals surface area contributed by atoms with E-state index in [2.05, 4.69) is 4.98 Å². The van der Waals surface area contributed by atoms with Gasteiger partial charge in [-0.2, -0.15) is 0 Å². The first-order chi connectivity index (χ1) is 9.25. The highest BCUT2D eigenvalue weighted by Gasteiger charge is 2.10. The number of hydrogen-bond donors (Lipinski definition) is 1. The number of pyridine rings is 1. The zero-order valence-electron chi connectivity index (χ0n) is 10.2. The van der Waals surface area contributed by atoms with E-state index in [1.165, 1.54) is 0 Å². The molecule has 0 bridgehead atoms. The smallest absolute Gasteiger partial charge is 0.352 e. The van der Waals surface area contributed by atoms with Crippen molar-refractivity contribution in [3.63, 3.8) is 0 Å². The number of hydrogen-bond acceptors (Lipinski definition) is 2. The van der Waals surface area contributed by atoms with Crippen LogP contribution in [0.4, 0.5) is 0 Å². The summed E-state index contributed by atoms with van der Waals surface area (Å²) in [6.45, 7) is 0.525. The average molecular weight is 252 g/mol. The van der Waals surface area contributed by atoms with Crippen LogP contribution in [-0.4, -0.2) is 20.6 Å². The van der Waals surface area contributed by atoms with Gasteiger partial charge in [-0.1, -0.05) is 18.2 Å². The zero-order chi connectivity index (χ0) is 13.2. The quantitative estimate of drug-likeness (QED) is 0.779. The monoisotopic (exact) mass is 252 g/mol. The van der Waals surface area contributed by atoms with E-state index in [1.54, 1.807) is 29.1 Å². The second kappa shape index (κ2) is 4.57. The molecule has 0 unspecified atom stereocenters. The topological polar surface area (TPSA) is 55.1 Å². The molecule has 0 aliphatic heterocycles. The van der Waals surface area contributed by atoms with Crippen molar-refractivity contribution in [2.45, 2.75) is 6.54 Å². The van der Waals surface area contributed by atoms with Gasteiger partial charge >= 0.3 is 5.97 Å². The number of fused-ring (bicyclic) bond motifs is 1. The van der Waals surface area contributed by atoms with Gasteiger partial charge in [-0.05, 0) is 29.8 Å². The van der Waals surface area contributed by atoms with Crippen LogP contribution in [0.3, 0.4) is 0 Å². The van der Waals surface area contributed by atoms with Gasteiger partial charge in [-0.25, -0.2) is 4.79 Å². The summed E-state index contributed by atoms with van der Waals surface area (Å²) in [6.07, 6.45) is 3.53. The Morgan fingerprint density at radius 1 is 1.16 bits per heavy atom. The summed E-state index contributed by atoms with van der Waals surface area (Å²) in [6, 6.07) is 13.1. The van der Waals surface area contributed by atoms with Gasteiger partial charge in [0, 0.05) is 24.3 Å². The van der Waals surface area contributed by atoms with Crippen molar-refractivity contribution in [2.75, 3.05) is 0 Å². The molecule has 3 aromatic rings. The van der Waals surface area contributed by atoms with Gasteiger partial charge in [0.2, 0.25) is 0 Å². The maximum Gasteiger partial charge on any atom is 0.352 e. The van der Waals surface area contributed by atoms with Crippen LogP contribution in [0.25, 0.3) is 10.9 Å². The third-order valence-corrected chi connectivity index (χ3v) is 3.13. The van der Waals surface area contributed by atoms with E-state index >= 15 is 0 Å². The lowest BCUT2D eigenvalue weighted by molar-refractivity contribution is 0.0685. The van der Waals surface area contributed by atoms with Crippen molar-refractivity contribution in [1.82, 2.24) is 9.55 Å². The summed E-state index contributed by atoms with van der Waals surface area (Å²) in [5, 5.41) is 10.2. The molecule has 0 atom stereocenters. The van der Waals surface area contributed by atoms with Crippen LogP contribution >= 0.6 is 0 Å². The molecule has 0 saturated heterocycles. The van der Waals surface area contributed by atoms with E-state index in [4.69, 9.17) is 5.11 Å². The molecule has 2 aromatic heterocycles. The van der Waals surface area contributed by atoms with Gasteiger partial charge in [0.1, 0.15) is 5.69 Å². The summed E-state index contributed by atoms with van der Waals surface area (Å²) >= 11 is 0. The lowest BCUT2D eigenvalue weighted by Crippen LogP contribution is -2.08. The van der Waals surface area contributed by atoms with E-state index in [0.29, 0.717) is 12.2 Å². The fraction of sp³-hybridized carbons (Fsp3) is 0.0667. The molecule has 4 heteroatoms. The fourth-order valence-electron chi connectivity index (χ4n) is 2.22. The van der Waals surface area contributed by atoms with Gasteiger partial charge in [-0.3, -0.25) is 4.98 Å². The van der Waals surface area contributed by atoms with E-state index in [0.717, 1.165) is 16.5 Å². The molecule has 0 radical (unpaired) electrons. The van der Waals surface area contributed by atoms with Crippen LogP contribution in [0.1, 0.15) is 16.1 Å². The maximum atomic E-state index is 11.1. The Kier molecular flexibility index (Phi) is 2.76. The summed E-state index contributed by atoms with van der Waals surface area (Å²) in [4.78, 5) is 15.4. The molecule has 1 N–H and O–H groups in total. The molecule has 0 aliphatic carbocycles. The highest BCUT2D eigenvalue weighted by atomic mass is 16.4. The molecule has 0 saturated carbocycles. The van der Waals surface area contributed by atoms with Gasteiger partial charge < -0.3 is 9.67 Å². The Bertz CT molecular complexity index is 741. The summed E-state index contributed by atoms with van der Waals surface area (Å²) in [5.41, 5.74) is 2.27. The number of carboxylic acid groups (broad SMARTS) is 1. The first-order valence-electron chi connectivity index (χ1n) is 5.97. The Balaban J connectivity index is 2.06. The van der Waals surface area contributed by atoms with Crippen molar-refractivity contribution in [3.05, 3.63) is 66.1 Å². The Labute approximate surface area is 109 Å². The number of para-hydroxylation sites is 1. The first kappa shape index (κ1) is 11.5. The van der Waals surface area contributed by atoms with Gasteiger partial charge in [0.05, 0.1) is 5.52 Å². The molecule has 1 aromatic carbocycles. The summed E-state index contributed by atoms with van der Waals surface area (Å²) < 4.78 is 1.73. The number of aromatic nitrogens is 2. The van der Waals surface area contributed by atoms with E-state index in [9.17, 15) is 4.79 Å². The number of rotatable bonds is 3. The van der Waals surface area contributed by atoms with Gasteiger partial charge in [-0.15, -0.1) is 0 Å². The number of nitrogens with zero attached hydrogens (tertiary/aromatic N) is 2. The fourth-order valence-corrected chi connectivity index (χ4v) is 2.22. The number of carboxylic acids is 1. The Morgan fingerprint density at radius 3 is 2.84 bits per heavy atom. The predicted octanol–water partition coefficient (Wildman–Crippen LogP) is 2.78. The highest BCUT2D eigenvalue weighted by molar-refractivity contribution is 5.86. The van der Waals surface area contributed by atoms with Crippen LogP contribution in [0.5, 0.6) is 0 Å². The molecular weight excluding hydrogens is 240 g/mol. The third-order valence-electron chi connectivity index (χ3n) is 3.13. The van der Waals surface area contributed by atoms with Crippen molar-refractivity contribution >= 4 is 16.9 Å². The summed E-state index contributed by atoms with van der Waals surface area (Å²) in [7, 11) is 0. The minimum atomic E-state index is -0.914. The van der Waals surface area contributed by atoms with Gasteiger partial charge in [0.15, 0.2) is 0 Å². The molecular formula is C15H12N2O2. The predicted molar refractivity (Wildman–Crippen MR) is 72.2 cm³/mol. The van der Waals surface area contributed by atoms with Crippen LogP contribution < -0.4 is 0 Å². The molecule has 2 heterocycles. The second-order valence-corrected chi connectivity index (χ2v) is 4.31. The average Bonchev–Trinajstić information content (AvgIpc) is 2.87. The number of aromatic carboxylic acids is 1. The van der Waals surface area contributed by atoms with Crippen molar-refractivity contribution in [2.24, 2.45) is 0 Å². The molecule has 0 fully saturated rings. The third kappa shape index (κ3) is 2.08. The van der Waals surface area contributed by atoms with Crippen molar-refractivity contribution in [1.29, 1.82) is 0 Å². The first-order valence-corrected chi connectivity index (χ1v) is 5.97. The molecule has 0 aliphatic rings. The lowest BCUT2D eigenvalue weighted by Gasteiger charge is -2.09. The van der Waals surface area contributed by atoms with E-state index < -0.39 is 5.97 Å².